The van der Waals surface area contributed by atoms with Crippen molar-refractivity contribution in [2.24, 2.45) is 5.73 Å². The van der Waals surface area contributed by atoms with Gasteiger partial charge in [0.05, 0.1) is 0 Å². The molecule has 0 aliphatic rings. The number of halogens is 3. The van der Waals surface area contributed by atoms with Crippen molar-refractivity contribution in [1.29, 1.82) is 0 Å². The number of carbonyl (C=O) groups excluding carboxylic acids is 2. The third-order valence-electron chi connectivity index (χ3n) is 5.30. The number of aromatic nitrogens is 2. The summed E-state index contributed by atoms with van der Waals surface area (Å²) in [5.74, 6) is -8.79. The van der Waals surface area contributed by atoms with E-state index in [2.05, 4.69) is 10.3 Å². The fraction of sp³-hybridized carbons (Fsp3) is 0.182. The standard InChI is InChI=1S/C22H20F3N5O4/c1-10-5-11(2)30(18(10)19(31)32)22(20(27)33,13-6-15(24)16(25)7-14(13)23)21(34)29-9-12-3-4-17(26)28-8-12/h3-8H,9H2,1-2H3,(H2,26,28)(H2,27,33)(H,29,34)(H,31,32)/t22-/m0/s1. The van der Waals surface area contributed by atoms with Gasteiger partial charge in [-0.15, -0.1) is 0 Å². The van der Waals surface area contributed by atoms with Crippen LogP contribution in [0.4, 0.5) is 19.0 Å². The second kappa shape index (κ2) is 8.89. The zero-order chi connectivity index (χ0) is 25.4. The summed E-state index contributed by atoms with van der Waals surface area (Å²) in [7, 11) is 0. The second-order valence-corrected chi connectivity index (χ2v) is 7.55. The van der Waals surface area contributed by atoms with Crippen LogP contribution >= 0.6 is 0 Å². The van der Waals surface area contributed by atoms with Gasteiger partial charge in [0.15, 0.2) is 11.6 Å². The van der Waals surface area contributed by atoms with Crippen LogP contribution in [-0.4, -0.2) is 32.4 Å². The third-order valence-corrected chi connectivity index (χ3v) is 5.30. The monoisotopic (exact) mass is 475 g/mol. The number of nitrogens with zero attached hydrogens (tertiary/aromatic N) is 2. The number of nitrogens with two attached hydrogens (primary N) is 2. The first kappa shape index (κ1) is 24.3. The van der Waals surface area contributed by atoms with Gasteiger partial charge in [-0.3, -0.25) is 9.59 Å². The highest BCUT2D eigenvalue weighted by molar-refractivity contribution is 6.11. The Morgan fingerprint density at radius 3 is 2.29 bits per heavy atom. The first-order valence-corrected chi connectivity index (χ1v) is 9.77. The molecule has 2 aromatic heterocycles. The van der Waals surface area contributed by atoms with Gasteiger partial charge in [0, 0.05) is 30.1 Å². The Morgan fingerprint density at radius 2 is 1.74 bits per heavy atom. The number of pyridine rings is 1. The minimum atomic E-state index is -2.92. The molecule has 0 fully saturated rings. The number of aryl methyl sites for hydroxylation is 2. The van der Waals surface area contributed by atoms with Gasteiger partial charge in [-0.2, -0.15) is 0 Å². The van der Waals surface area contributed by atoms with Crippen LogP contribution in [0.2, 0.25) is 0 Å². The van der Waals surface area contributed by atoms with Crippen LogP contribution in [0.15, 0.2) is 36.5 Å². The lowest BCUT2D eigenvalue weighted by atomic mass is 9.85. The molecule has 6 N–H and O–H groups in total. The maximum Gasteiger partial charge on any atom is 0.352 e. The van der Waals surface area contributed by atoms with Crippen molar-refractivity contribution >= 4 is 23.6 Å². The topological polar surface area (TPSA) is 153 Å². The van der Waals surface area contributed by atoms with E-state index >= 15 is 4.39 Å². The van der Waals surface area contributed by atoms with Crippen LogP contribution in [0.1, 0.15) is 32.9 Å². The predicted octanol–water partition coefficient (Wildman–Crippen LogP) is 1.74. The molecule has 3 aromatic rings. The first-order valence-electron chi connectivity index (χ1n) is 9.77. The quantitative estimate of drug-likeness (QED) is 0.302. The lowest BCUT2D eigenvalue weighted by Crippen LogP contribution is -2.59. The van der Waals surface area contributed by atoms with Gasteiger partial charge in [-0.25, -0.2) is 22.9 Å². The number of benzene rings is 1. The van der Waals surface area contributed by atoms with Gasteiger partial charge >= 0.3 is 5.97 Å². The molecular formula is C22H20F3N5O4. The van der Waals surface area contributed by atoms with Crippen molar-refractivity contribution in [3.8, 4) is 0 Å². The van der Waals surface area contributed by atoms with E-state index in [4.69, 9.17) is 11.5 Å². The van der Waals surface area contributed by atoms with Crippen LogP contribution in [0, 0.1) is 31.3 Å². The molecule has 12 heteroatoms. The molecule has 0 saturated heterocycles. The average molecular weight is 475 g/mol. The molecule has 34 heavy (non-hydrogen) atoms. The molecule has 0 unspecified atom stereocenters. The number of carboxylic acids is 1. The van der Waals surface area contributed by atoms with Gasteiger partial charge in [-0.1, -0.05) is 6.07 Å². The first-order chi connectivity index (χ1) is 15.9. The molecule has 178 valence electrons. The summed E-state index contributed by atoms with van der Waals surface area (Å²) in [5, 5.41) is 12.2. The van der Waals surface area contributed by atoms with E-state index in [1.807, 2.05) is 0 Å². The second-order valence-electron chi connectivity index (χ2n) is 7.55. The minimum absolute atomic E-state index is 0.0298. The highest BCUT2D eigenvalue weighted by Gasteiger charge is 2.52. The van der Waals surface area contributed by atoms with Gasteiger partial charge < -0.3 is 26.5 Å². The number of amides is 2. The molecule has 0 bridgehead atoms. The average Bonchev–Trinajstić information content (AvgIpc) is 3.05. The summed E-state index contributed by atoms with van der Waals surface area (Å²) in [6.07, 6.45) is 1.33. The Bertz CT molecular complexity index is 1310. The molecule has 0 aliphatic carbocycles. The van der Waals surface area contributed by atoms with Crippen LogP contribution in [0.25, 0.3) is 0 Å². The molecule has 3 rings (SSSR count). The van der Waals surface area contributed by atoms with E-state index < -0.39 is 52.0 Å². The lowest BCUT2D eigenvalue weighted by Gasteiger charge is -2.34. The van der Waals surface area contributed by atoms with Crippen molar-refractivity contribution < 1.29 is 32.7 Å². The number of carbonyl (C=O) groups is 3. The molecule has 0 aliphatic heterocycles. The number of anilines is 1. The van der Waals surface area contributed by atoms with Crippen molar-refractivity contribution in [1.82, 2.24) is 14.9 Å². The molecule has 2 amide bonds. The summed E-state index contributed by atoms with van der Waals surface area (Å²) >= 11 is 0. The van der Waals surface area contributed by atoms with E-state index in [0.717, 1.165) is 0 Å². The number of rotatable bonds is 7. The summed E-state index contributed by atoms with van der Waals surface area (Å²) in [4.78, 5) is 42.4. The number of carboxylic acid groups (broad SMARTS) is 1. The van der Waals surface area contributed by atoms with Crippen LogP contribution in [-0.2, 0) is 21.7 Å². The molecule has 0 saturated carbocycles. The smallest absolute Gasteiger partial charge is 0.352 e. The lowest BCUT2D eigenvalue weighted by molar-refractivity contribution is -0.138. The normalized spacial score (nSPS) is 12.7. The number of nitrogens with one attached hydrogen (secondary N) is 1. The zero-order valence-corrected chi connectivity index (χ0v) is 18.0. The van der Waals surface area contributed by atoms with Gasteiger partial charge in [0.1, 0.15) is 17.3 Å². The summed E-state index contributed by atoms with van der Waals surface area (Å²) in [6, 6.07) is 4.74. The minimum Gasteiger partial charge on any atom is -0.477 e. The molecule has 0 radical (unpaired) electrons. The SMILES string of the molecule is Cc1cc(C)n([C@@](C(N)=O)(C(=O)NCc2ccc(N)nc2)c2cc(F)c(F)cc2F)c1C(=O)O. The fourth-order valence-corrected chi connectivity index (χ4v) is 3.85. The van der Waals surface area contributed by atoms with Gasteiger partial charge in [-0.05, 0) is 43.2 Å². The van der Waals surface area contributed by atoms with Crippen molar-refractivity contribution in [3.63, 3.8) is 0 Å². The summed E-state index contributed by atoms with van der Waals surface area (Å²) < 4.78 is 43.6. The molecule has 2 heterocycles. The molecular weight excluding hydrogens is 455 g/mol. The highest BCUT2D eigenvalue weighted by atomic mass is 19.2. The fourth-order valence-electron chi connectivity index (χ4n) is 3.85. The molecule has 0 spiro atoms. The molecule has 1 atom stereocenters. The van der Waals surface area contributed by atoms with Crippen molar-refractivity contribution in [2.45, 2.75) is 25.9 Å². The Morgan fingerprint density at radius 1 is 1.09 bits per heavy atom. The number of hydrogen-bond acceptors (Lipinski definition) is 5. The van der Waals surface area contributed by atoms with Crippen LogP contribution in [0.3, 0.4) is 0 Å². The van der Waals surface area contributed by atoms with E-state index in [9.17, 15) is 28.3 Å². The molecule has 9 nitrogen and oxygen atoms in total. The van der Waals surface area contributed by atoms with E-state index in [1.165, 1.54) is 38.2 Å². The Kier molecular flexibility index (Phi) is 6.35. The third kappa shape index (κ3) is 3.93. The largest absolute Gasteiger partial charge is 0.477 e. The Hall–Kier alpha value is -4.35. The van der Waals surface area contributed by atoms with E-state index in [-0.39, 0.29) is 29.7 Å². The number of hydrogen-bond donors (Lipinski definition) is 4. The Balaban J connectivity index is 2.32. The Labute approximate surface area is 191 Å². The van der Waals surface area contributed by atoms with Gasteiger partial charge in [0.2, 0.25) is 5.54 Å². The zero-order valence-electron chi connectivity index (χ0n) is 18.0. The van der Waals surface area contributed by atoms with Crippen molar-refractivity contribution in [2.75, 3.05) is 5.73 Å². The maximum atomic E-state index is 15.0. The van der Waals surface area contributed by atoms with E-state index in [1.54, 1.807) is 0 Å². The van der Waals surface area contributed by atoms with Crippen molar-refractivity contribution in [3.05, 3.63) is 82.1 Å². The number of nitrogen functional groups attached to an aromatic ring is 1. The summed E-state index contributed by atoms with van der Waals surface area (Å²) in [5.41, 5.74) is 7.25. The maximum absolute atomic E-state index is 15.0. The predicted molar refractivity (Wildman–Crippen MR) is 114 cm³/mol. The summed E-state index contributed by atoms with van der Waals surface area (Å²) in [6.45, 7) is 2.48. The number of aromatic carboxylic acids is 1. The van der Waals surface area contributed by atoms with Gasteiger partial charge in [0.25, 0.3) is 11.8 Å². The van der Waals surface area contributed by atoms with Crippen LogP contribution < -0.4 is 16.8 Å². The van der Waals surface area contributed by atoms with E-state index in [0.29, 0.717) is 16.2 Å². The molecule has 1 aromatic carbocycles. The number of primary amides is 1. The van der Waals surface area contributed by atoms with Crippen LogP contribution in [0.5, 0.6) is 0 Å². The highest BCUT2D eigenvalue weighted by Crippen LogP contribution is 2.35.